The first-order valence-corrected chi connectivity index (χ1v) is 10.3. The highest BCUT2D eigenvalue weighted by molar-refractivity contribution is 7.99. The molecule has 0 unspecified atom stereocenters. The van der Waals surface area contributed by atoms with E-state index in [2.05, 4.69) is 9.97 Å². The lowest BCUT2D eigenvalue weighted by atomic mass is 9.62. The number of benzene rings is 1. The van der Waals surface area contributed by atoms with Crippen molar-refractivity contribution in [1.29, 1.82) is 0 Å². The van der Waals surface area contributed by atoms with E-state index in [0.717, 1.165) is 16.2 Å². The summed E-state index contributed by atoms with van der Waals surface area (Å²) in [5, 5.41) is 0.774. The molecule has 2 heterocycles. The summed E-state index contributed by atoms with van der Waals surface area (Å²) in [6.45, 7) is 7.83. The Kier molecular flexibility index (Phi) is 5.51. The third-order valence-corrected chi connectivity index (χ3v) is 6.60. The number of esters is 2. The number of carbonyl (C=O) groups is 2. The van der Waals surface area contributed by atoms with Crippen molar-refractivity contribution in [2.45, 2.75) is 51.8 Å². The molecular weight excluding hydrogens is 364 g/mol. The number of aromatic amines is 1. The van der Waals surface area contributed by atoms with Gasteiger partial charge in [0, 0.05) is 12.2 Å². The van der Waals surface area contributed by atoms with Gasteiger partial charge in [0.05, 0.1) is 17.6 Å². The van der Waals surface area contributed by atoms with Gasteiger partial charge in [0.2, 0.25) is 0 Å². The summed E-state index contributed by atoms with van der Waals surface area (Å²) in [6.07, 6.45) is 0.647. The van der Waals surface area contributed by atoms with Crippen LogP contribution in [0.5, 0.6) is 0 Å². The number of fused-ring (bicyclic) bond motifs is 1. The van der Waals surface area contributed by atoms with Crippen LogP contribution in [0.4, 0.5) is 0 Å². The minimum atomic E-state index is -1.25. The van der Waals surface area contributed by atoms with Gasteiger partial charge in [-0.25, -0.2) is 4.98 Å². The summed E-state index contributed by atoms with van der Waals surface area (Å²) < 4.78 is 10.9. The van der Waals surface area contributed by atoms with E-state index in [9.17, 15) is 9.59 Å². The molecule has 0 saturated carbocycles. The molecule has 1 fully saturated rings. The molecule has 1 aromatic heterocycles. The Bertz CT molecular complexity index is 814. The summed E-state index contributed by atoms with van der Waals surface area (Å²) >= 11 is 1.49. The van der Waals surface area contributed by atoms with E-state index in [1.807, 2.05) is 45.0 Å². The SMILES string of the molecule is CCOC(=O)[C@]1(C(C)(C)CC)C[C@H](CSc2nc3ccccc3[nH]2)OC1=O. The highest BCUT2D eigenvalue weighted by Crippen LogP contribution is 2.51. The van der Waals surface area contributed by atoms with Gasteiger partial charge in [-0.05, 0) is 30.9 Å². The Hall–Kier alpha value is -2.02. The fraction of sp³-hybridized carbons (Fsp3) is 0.550. The van der Waals surface area contributed by atoms with Gasteiger partial charge in [-0.15, -0.1) is 0 Å². The zero-order chi connectivity index (χ0) is 19.7. The molecule has 1 saturated heterocycles. The Morgan fingerprint density at radius 1 is 1.41 bits per heavy atom. The first-order chi connectivity index (χ1) is 12.8. The number of nitrogens with one attached hydrogen (secondary N) is 1. The van der Waals surface area contributed by atoms with Crippen LogP contribution in [0.2, 0.25) is 0 Å². The van der Waals surface area contributed by atoms with Crippen molar-refractivity contribution in [2.24, 2.45) is 10.8 Å². The lowest BCUT2D eigenvalue weighted by Gasteiger charge is -2.38. The third-order valence-electron chi connectivity index (χ3n) is 5.59. The van der Waals surface area contributed by atoms with E-state index >= 15 is 0 Å². The monoisotopic (exact) mass is 390 g/mol. The number of cyclic esters (lactones) is 1. The summed E-state index contributed by atoms with van der Waals surface area (Å²) in [5.41, 5.74) is 0.0687. The highest BCUT2D eigenvalue weighted by Gasteiger charge is 2.63. The van der Waals surface area contributed by atoms with Gasteiger partial charge in [0.1, 0.15) is 6.10 Å². The fourth-order valence-electron chi connectivity index (χ4n) is 3.53. The first-order valence-electron chi connectivity index (χ1n) is 9.30. The van der Waals surface area contributed by atoms with Crippen molar-refractivity contribution >= 4 is 34.7 Å². The quantitative estimate of drug-likeness (QED) is 0.438. The molecule has 0 radical (unpaired) electrons. The topological polar surface area (TPSA) is 81.3 Å². The van der Waals surface area contributed by atoms with Crippen LogP contribution in [0.15, 0.2) is 29.4 Å². The predicted molar refractivity (Wildman–Crippen MR) is 104 cm³/mol. The van der Waals surface area contributed by atoms with Crippen LogP contribution in [0.1, 0.15) is 40.5 Å². The Balaban J connectivity index is 1.76. The third kappa shape index (κ3) is 3.45. The van der Waals surface area contributed by atoms with Crippen LogP contribution in [0.3, 0.4) is 0 Å². The second-order valence-corrected chi connectivity index (χ2v) is 8.47. The maximum Gasteiger partial charge on any atom is 0.324 e. The number of ether oxygens (including phenoxy) is 2. The van der Waals surface area contributed by atoms with Crippen LogP contribution >= 0.6 is 11.8 Å². The number of imidazole rings is 1. The Labute approximate surface area is 163 Å². The summed E-state index contributed by atoms with van der Waals surface area (Å²) in [7, 11) is 0. The molecule has 7 heteroatoms. The van der Waals surface area contributed by atoms with Gasteiger partial charge in [-0.1, -0.05) is 44.7 Å². The average molecular weight is 391 g/mol. The minimum absolute atomic E-state index is 0.242. The molecule has 2 atom stereocenters. The maximum absolute atomic E-state index is 12.8. The number of carbonyl (C=O) groups excluding carboxylic acids is 2. The number of hydrogen-bond donors (Lipinski definition) is 1. The second kappa shape index (κ2) is 7.54. The summed E-state index contributed by atoms with van der Waals surface area (Å²) in [4.78, 5) is 33.4. The highest BCUT2D eigenvalue weighted by atomic mass is 32.2. The zero-order valence-corrected chi connectivity index (χ0v) is 17.0. The van der Waals surface area contributed by atoms with Crippen molar-refractivity contribution in [2.75, 3.05) is 12.4 Å². The lowest BCUT2D eigenvalue weighted by molar-refractivity contribution is -0.173. The van der Waals surface area contributed by atoms with Gasteiger partial charge >= 0.3 is 11.9 Å². The molecule has 2 aromatic rings. The van der Waals surface area contributed by atoms with E-state index < -0.39 is 22.8 Å². The van der Waals surface area contributed by atoms with Gasteiger partial charge in [-0.2, -0.15) is 0 Å². The van der Waals surface area contributed by atoms with E-state index in [-0.39, 0.29) is 12.7 Å². The van der Waals surface area contributed by atoms with Crippen LogP contribution < -0.4 is 0 Å². The molecular formula is C20H26N2O4S. The number of para-hydroxylation sites is 2. The van der Waals surface area contributed by atoms with E-state index in [0.29, 0.717) is 18.6 Å². The number of hydrogen-bond acceptors (Lipinski definition) is 6. The molecule has 1 aliphatic rings. The standard InChI is InChI=1S/C20H26N2O4S/c1-5-19(3,4)20(16(23)25-6-2)11-13(26-17(20)24)12-27-18-21-14-9-7-8-10-15(14)22-18/h7-10,13H,5-6,11-12H2,1-4H3,(H,21,22)/t13-,20-/m1/s1. The predicted octanol–water partition coefficient (Wildman–Crippen LogP) is 3.96. The molecule has 1 aromatic carbocycles. The zero-order valence-electron chi connectivity index (χ0n) is 16.2. The molecule has 1 aliphatic heterocycles. The van der Waals surface area contributed by atoms with Crippen LogP contribution in [-0.4, -0.2) is 40.4 Å². The lowest BCUT2D eigenvalue weighted by Crippen LogP contribution is -2.49. The smallest absolute Gasteiger partial charge is 0.324 e. The second-order valence-electron chi connectivity index (χ2n) is 7.46. The molecule has 6 nitrogen and oxygen atoms in total. The number of rotatable bonds is 7. The average Bonchev–Trinajstić information content (AvgIpc) is 3.21. The summed E-state index contributed by atoms with van der Waals surface area (Å²) in [5.74, 6) is -0.409. The molecule has 0 amide bonds. The van der Waals surface area contributed by atoms with Gasteiger partial charge in [0.25, 0.3) is 0 Å². The first kappa shape index (κ1) is 19.7. The molecule has 27 heavy (non-hydrogen) atoms. The largest absolute Gasteiger partial charge is 0.465 e. The van der Waals surface area contributed by atoms with Crippen molar-refractivity contribution in [3.05, 3.63) is 24.3 Å². The Morgan fingerprint density at radius 3 is 2.81 bits per heavy atom. The van der Waals surface area contributed by atoms with Crippen molar-refractivity contribution in [3.63, 3.8) is 0 Å². The van der Waals surface area contributed by atoms with Crippen LogP contribution in [0, 0.1) is 10.8 Å². The molecule has 0 spiro atoms. The number of thioether (sulfide) groups is 1. The minimum Gasteiger partial charge on any atom is -0.465 e. The van der Waals surface area contributed by atoms with Crippen molar-refractivity contribution in [3.8, 4) is 0 Å². The van der Waals surface area contributed by atoms with Crippen LogP contribution in [-0.2, 0) is 19.1 Å². The fourth-order valence-corrected chi connectivity index (χ4v) is 4.41. The van der Waals surface area contributed by atoms with Gasteiger partial charge < -0.3 is 14.5 Å². The van der Waals surface area contributed by atoms with Crippen LogP contribution in [0.25, 0.3) is 11.0 Å². The van der Waals surface area contributed by atoms with E-state index in [1.54, 1.807) is 6.92 Å². The number of H-pyrrole nitrogens is 1. The van der Waals surface area contributed by atoms with E-state index in [1.165, 1.54) is 11.8 Å². The van der Waals surface area contributed by atoms with Crippen molar-refractivity contribution < 1.29 is 19.1 Å². The normalized spacial score (nSPS) is 22.8. The van der Waals surface area contributed by atoms with Crippen molar-refractivity contribution in [1.82, 2.24) is 9.97 Å². The molecule has 3 rings (SSSR count). The molecule has 1 N–H and O–H groups in total. The molecule has 146 valence electrons. The number of nitrogens with zero attached hydrogens (tertiary/aromatic N) is 1. The Morgan fingerprint density at radius 2 is 2.15 bits per heavy atom. The van der Waals surface area contributed by atoms with Gasteiger partial charge in [0.15, 0.2) is 10.6 Å². The number of aromatic nitrogens is 2. The maximum atomic E-state index is 12.8. The molecule has 0 bridgehead atoms. The van der Waals surface area contributed by atoms with Gasteiger partial charge in [-0.3, -0.25) is 9.59 Å². The van der Waals surface area contributed by atoms with E-state index in [4.69, 9.17) is 9.47 Å². The molecule has 0 aliphatic carbocycles. The summed E-state index contributed by atoms with van der Waals surface area (Å²) in [6, 6.07) is 7.81.